The fourth-order valence-corrected chi connectivity index (χ4v) is 5.84. The van der Waals surface area contributed by atoms with Crippen molar-refractivity contribution in [3.63, 3.8) is 0 Å². The molecule has 0 spiro atoms. The Morgan fingerprint density at radius 3 is 2.83 bits per heavy atom. The van der Waals surface area contributed by atoms with Crippen LogP contribution in [0.1, 0.15) is 18.7 Å². The van der Waals surface area contributed by atoms with Gasteiger partial charge >= 0.3 is 5.97 Å². The topological polar surface area (TPSA) is 103 Å². The number of sulfonamides is 1. The molecule has 30 heavy (non-hydrogen) atoms. The summed E-state index contributed by atoms with van der Waals surface area (Å²) in [5, 5.41) is 5.49. The molecule has 3 aromatic rings. The highest BCUT2D eigenvalue weighted by Crippen LogP contribution is 2.27. The molecule has 4 rings (SSSR count). The quantitative estimate of drug-likeness (QED) is 0.531. The third-order valence-electron chi connectivity index (χ3n) is 4.72. The maximum absolute atomic E-state index is 13.0. The number of piperidine rings is 1. The third-order valence-corrected chi connectivity index (χ3v) is 7.95. The summed E-state index contributed by atoms with van der Waals surface area (Å²) < 4.78 is 50.3. The third kappa shape index (κ3) is 4.42. The van der Waals surface area contributed by atoms with Gasteiger partial charge < -0.3 is 9.26 Å². The highest BCUT2D eigenvalue weighted by molar-refractivity contribution is 7.91. The van der Waals surface area contributed by atoms with Crippen LogP contribution in [0, 0.1) is 11.7 Å². The Morgan fingerprint density at radius 2 is 2.10 bits per heavy atom. The van der Waals surface area contributed by atoms with Crippen molar-refractivity contribution in [1.29, 1.82) is 0 Å². The molecule has 1 aromatic carbocycles. The van der Waals surface area contributed by atoms with Crippen LogP contribution in [0.15, 0.2) is 50.5 Å². The van der Waals surface area contributed by atoms with Crippen LogP contribution in [0.4, 0.5) is 4.39 Å². The first kappa shape index (κ1) is 20.6. The summed E-state index contributed by atoms with van der Waals surface area (Å²) in [6, 6.07) is 8.82. The summed E-state index contributed by atoms with van der Waals surface area (Å²) in [7, 11) is -3.61. The number of ether oxygens (including phenoxy) is 1. The van der Waals surface area contributed by atoms with Gasteiger partial charge in [-0.2, -0.15) is 9.29 Å². The van der Waals surface area contributed by atoms with Crippen LogP contribution in [0.3, 0.4) is 0 Å². The molecule has 0 unspecified atom stereocenters. The maximum Gasteiger partial charge on any atom is 0.310 e. The zero-order valence-corrected chi connectivity index (χ0v) is 17.4. The Balaban J connectivity index is 1.36. The zero-order valence-electron chi connectivity index (χ0n) is 15.7. The van der Waals surface area contributed by atoms with Crippen molar-refractivity contribution in [3.8, 4) is 11.4 Å². The second kappa shape index (κ2) is 8.62. The van der Waals surface area contributed by atoms with Gasteiger partial charge in [-0.3, -0.25) is 4.79 Å². The van der Waals surface area contributed by atoms with E-state index in [-0.39, 0.29) is 34.9 Å². The van der Waals surface area contributed by atoms with Crippen LogP contribution in [0.5, 0.6) is 0 Å². The fourth-order valence-electron chi connectivity index (χ4n) is 3.17. The average Bonchev–Trinajstić information content (AvgIpc) is 3.45. The number of carbonyl (C=O) groups is 1. The average molecular weight is 452 g/mol. The van der Waals surface area contributed by atoms with E-state index in [2.05, 4.69) is 10.1 Å². The Bertz CT molecular complexity index is 1110. The highest BCUT2D eigenvalue weighted by atomic mass is 32.2. The van der Waals surface area contributed by atoms with Gasteiger partial charge in [0.15, 0.2) is 6.61 Å². The first-order valence-corrected chi connectivity index (χ1v) is 11.5. The minimum Gasteiger partial charge on any atom is -0.455 e. The lowest BCUT2D eigenvalue weighted by Gasteiger charge is -2.30. The Morgan fingerprint density at radius 1 is 1.30 bits per heavy atom. The van der Waals surface area contributed by atoms with E-state index >= 15 is 0 Å². The van der Waals surface area contributed by atoms with Crippen LogP contribution >= 0.6 is 11.3 Å². The Kier molecular flexibility index (Phi) is 5.93. The standard InChI is InChI=1S/C19H18FN3O5S2/c20-15-7-5-13(6-8-15)18-21-16(28-22-18)12-27-19(24)14-3-1-9-23(11-14)30(25,26)17-4-2-10-29-17/h2,4-8,10,14H,1,3,9,11-12H2/t14-/m1/s1. The van der Waals surface area contributed by atoms with Crippen molar-refractivity contribution >= 4 is 27.3 Å². The summed E-state index contributed by atoms with van der Waals surface area (Å²) >= 11 is 1.15. The van der Waals surface area contributed by atoms with Gasteiger partial charge in [0, 0.05) is 18.7 Å². The molecule has 158 valence electrons. The first-order chi connectivity index (χ1) is 14.4. The minimum atomic E-state index is -3.61. The Labute approximate surface area is 176 Å². The number of rotatable bonds is 6. The van der Waals surface area contributed by atoms with E-state index in [1.807, 2.05) is 0 Å². The van der Waals surface area contributed by atoms with Crippen molar-refractivity contribution in [2.75, 3.05) is 13.1 Å². The van der Waals surface area contributed by atoms with E-state index in [4.69, 9.17) is 9.26 Å². The summed E-state index contributed by atoms with van der Waals surface area (Å²) in [4.78, 5) is 16.6. The lowest BCUT2D eigenvalue weighted by Crippen LogP contribution is -2.42. The number of hydrogen-bond acceptors (Lipinski definition) is 8. The molecule has 0 saturated carbocycles. The number of carbonyl (C=O) groups excluding carboxylic acids is 1. The number of nitrogens with zero attached hydrogens (tertiary/aromatic N) is 3. The molecule has 8 nitrogen and oxygen atoms in total. The van der Waals surface area contributed by atoms with E-state index in [1.54, 1.807) is 17.5 Å². The smallest absolute Gasteiger partial charge is 0.310 e. The molecule has 3 heterocycles. The second-order valence-electron chi connectivity index (χ2n) is 6.76. The van der Waals surface area contributed by atoms with Gasteiger partial charge in [0.05, 0.1) is 5.92 Å². The highest BCUT2D eigenvalue weighted by Gasteiger charge is 2.34. The summed E-state index contributed by atoms with van der Waals surface area (Å²) in [5.74, 6) is -1.09. The van der Waals surface area contributed by atoms with Crippen LogP contribution in [-0.2, 0) is 26.2 Å². The molecular formula is C19H18FN3O5S2. The number of benzene rings is 1. The number of hydrogen-bond donors (Lipinski definition) is 0. The lowest BCUT2D eigenvalue weighted by molar-refractivity contribution is -0.151. The summed E-state index contributed by atoms with van der Waals surface area (Å²) in [6.07, 6.45) is 1.11. The second-order valence-corrected chi connectivity index (χ2v) is 9.87. The van der Waals surface area contributed by atoms with Gasteiger partial charge in [0.2, 0.25) is 5.82 Å². The lowest BCUT2D eigenvalue weighted by atomic mass is 10.0. The molecular weight excluding hydrogens is 433 g/mol. The summed E-state index contributed by atoms with van der Waals surface area (Å²) in [6.45, 7) is 0.222. The molecule has 0 radical (unpaired) electrons. The van der Waals surface area contributed by atoms with Gasteiger partial charge in [-0.25, -0.2) is 12.8 Å². The molecule has 2 aromatic heterocycles. The van der Waals surface area contributed by atoms with Crippen LogP contribution in [-0.4, -0.2) is 41.9 Å². The number of thiophene rings is 1. The van der Waals surface area contributed by atoms with Crippen molar-refractivity contribution in [1.82, 2.24) is 14.4 Å². The Hall–Kier alpha value is -2.63. The fraction of sp³-hybridized carbons (Fsp3) is 0.316. The maximum atomic E-state index is 13.0. The monoisotopic (exact) mass is 451 g/mol. The van der Waals surface area contributed by atoms with E-state index in [1.165, 1.54) is 28.6 Å². The van der Waals surface area contributed by atoms with Gasteiger partial charge in [0.1, 0.15) is 10.0 Å². The van der Waals surface area contributed by atoms with Crippen LogP contribution in [0.25, 0.3) is 11.4 Å². The normalized spacial score (nSPS) is 17.7. The van der Waals surface area contributed by atoms with Crippen molar-refractivity contribution < 1.29 is 26.9 Å². The number of halogens is 1. The predicted molar refractivity (Wildman–Crippen MR) is 105 cm³/mol. The minimum absolute atomic E-state index is 0.0731. The molecule has 0 N–H and O–H groups in total. The molecule has 1 atom stereocenters. The van der Waals surface area contributed by atoms with E-state index < -0.39 is 21.9 Å². The first-order valence-electron chi connectivity index (χ1n) is 9.22. The SMILES string of the molecule is O=C(OCc1nc(-c2ccc(F)cc2)no1)[C@@H]1CCCN(S(=O)(=O)c2cccs2)C1. The predicted octanol–water partition coefficient (Wildman–Crippen LogP) is 3.08. The van der Waals surface area contributed by atoms with E-state index in [0.717, 1.165) is 11.3 Å². The molecule has 1 aliphatic heterocycles. The molecule has 1 saturated heterocycles. The molecule has 0 amide bonds. The van der Waals surface area contributed by atoms with Gasteiger partial charge in [-0.05, 0) is 48.6 Å². The van der Waals surface area contributed by atoms with E-state index in [9.17, 15) is 17.6 Å². The molecule has 1 fully saturated rings. The van der Waals surface area contributed by atoms with Crippen molar-refractivity contribution in [2.24, 2.45) is 5.92 Å². The molecule has 11 heteroatoms. The van der Waals surface area contributed by atoms with Crippen LogP contribution < -0.4 is 0 Å². The number of esters is 1. The molecule has 0 aliphatic carbocycles. The van der Waals surface area contributed by atoms with Gasteiger partial charge in [0.25, 0.3) is 15.9 Å². The van der Waals surface area contributed by atoms with Gasteiger partial charge in [-0.1, -0.05) is 11.2 Å². The van der Waals surface area contributed by atoms with Crippen molar-refractivity contribution in [3.05, 3.63) is 53.5 Å². The van der Waals surface area contributed by atoms with Crippen LogP contribution in [0.2, 0.25) is 0 Å². The van der Waals surface area contributed by atoms with Crippen molar-refractivity contribution in [2.45, 2.75) is 23.7 Å². The molecule has 1 aliphatic rings. The summed E-state index contributed by atoms with van der Waals surface area (Å²) in [5.41, 5.74) is 0.569. The van der Waals surface area contributed by atoms with E-state index in [0.29, 0.717) is 24.9 Å². The zero-order chi connectivity index (χ0) is 21.1. The van der Waals surface area contributed by atoms with Gasteiger partial charge in [-0.15, -0.1) is 11.3 Å². The molecule has 0 bridgehead atoms. The number of aromatic nitrogens is 2. The largest absolute Gasteiger partial charge is 0.455 e.